The molecule has 0 amide bonds. The lowest BCUT2D eigenvalue weighted by Crippen LogP contribution is -2.45. The summed E-state index contributed by atoms with van der Waals surface area (Å²) in [5.41, 5.74) is 0.0367. The largest absolute Gasteiger partial charge is 0.490 e. The van der Waals surface area contributed by atoms with Gasteiger partial charge in [-0.15, -0.1) is 0 Å². The highest BCUT2D eigenvalue weighted by molar-refractivity contribution is 5.80. The van der Waals surface area contributed by atoms with Crippen molar-refractivity contribution in [2.75, 3.05) is 38.2 Å². The Balaban J connectivity index is 1.45. The first-order valence-corrected chi connectivity index (χ1v) is 8.86. The highest BCUT2D eigenvalue weighted by atomic mass is 19.1. The van der Waals surface area contributed by atoms with Crippen molar-refractivity contribution in [2.45, 2.75) is 12.5 Å². The molecular weight excluding hydrogens is 352 g/mol. The van der Waals surface area contributed by atoms with E-state index in [2.05, 4.69) is 20.6 Å². The normalized spacial score (nSPS) is 17.1. The maximum absolute atomic E-state index is 13.9. The zero-order valence-electron chi connectivity index (χ0n) is 15.2. The fourth-order valence-corrected chi connectivity index (χ4v) is 3.03. The van der Waals surface area contributed by atoms with E-state index in [1.165, 1.54) is 18.2 Å². The van der Waals surface area contributed by atoms with Crippen LogP contribution in [0.25, 0.3) is 0 Å². The van der Waals surface area contributed by atoms with E-state index in [0.29, 0.717) is 38.0 Å². The van der Waals surface area contributed by atoms with Gasteiger partial charge in [0.25, 0.3) is 0 Å². The Bertz CT molecular complexity index is 752. The molecule has 1 aromatic carbocycles. The van der Waals surface area contributed by atoms with Gasteiger partial charge in [0.1, 0.15) is 29.7 Å². The first-order chi connectivity index (χ1) is 13.2. The zero-order valence-corrected chi connectivity index (χ0v) is 15.2. The Morgan fingerprint density at radius 2 is 2.11 bits per heavy atom. The van der Waals surface area contributed by atoms with Crippen molar-refractivity contribution in [3.63, 3.8) is 0 Å². The molecule has 8 heteroatoms. The van der Waals surface area contributed by atoms with Gasteiger partial charge < -0.3 is 20.3 Å². The molecule has 144 valence electrons. The van der Waals surface area contributed by atoms with Gasteiger partial charge in [-0.25, -0.2) is 8.78 Å². The van der Waals surface area contributed by atoms with Crippen LogP contribution in [0.1, 0.15) is 6.42 Å². The number of aromatic nitrogens is 1. The molecule has 6 nitrogen and oxygen atoms in total. The standard InChI is InChI=1S/C19H23F2N5O/c1-22-19(24-9-11-27-15-4-3-8-23-12-15)25-14-7-10-26(13-14)18-16(20)5-2-6-17(18)21/h2-6,8,12,14H,7,9-11,13H2,1H3,(H2,22,24,25). The molecule has 2 aromatic rings. The van der Waals surface area contributed by atoms with Crippen molar-refractivity contribution in [3.8, 4) is 5.75 Å². The van der Waals surface area contributed by atoms with Crippen molar-refractivity contribution in [1.82, 2.24) is 15.6 Å². The summed E-state index contributed by atoms with van der Waals surface area (Å²) in [6.07, 6.45) is 4.11. The SMILES string of the molecule is CN=C(NCCOc1cccnc1)NC1CCN(c2c(F)cccc2F)C1. The van der Waals surface area contributed by atoms with E-state index in [4.69, 9.17) is 4.74 Å². The molecule has 1 fully saturated rings. The third kappa shape index (κ3) is 5.06. The molecule has 0 bridgehead atoms. The summed E-state index contributed by atoms with van der Waals surface area (Å²) in [6, 6.07) is 7.64. The number of pyridine rings is 1. The maximum atomic E-state index is 13.9. The van der Waals surface area contributed by atoms with Crippen LogP contribution in [0.3, 0.4) is 0 Å². The highest BCUT2D eigenvalue weighted by Gasteiger charge is 2.27. The number of anilines is 1. The molecule has 1 atom stereocenters. The average Bonchev–Trinajstić information content (AvgIpc) is 3.13. The van der Waals surface area contributed by atoms with Gasteiger partial charge >= 0.3 is 0 Å². The van der Waals surface area contributed by atoms with Gasteiger partial charge in [-0.1, -0.05) is 6.07 Å². The van der Waals surface area contributed by atoms with Crippen LogP contribution < -0.4 is 20.3 Å². The lowest BCUT2D eigenvalue weighted by atomic mass is 10.2. The van der Waals surface area contributed by atoms with Crippen molar-refractivity contribution >= 4 is 11.6 Å². The molecule has 1 unspecified atom stereocenters. The third-order valence-electron chi connectivity index (χ3n) is 4.30. The second kappa shape index (κ2) is 9.16. The molecule has 1 aliphatic rings. The van der Waals surface area contributed by atoms with Gasteiger partial charge in [-0.05, 0) is 30.7 Å². The Morgan fingerprint density at radius 1 is 1.30 bits per heavy atom. The molecule has 1 aromatic heterocycles. The number of halogens is 2. The number of hydrogen-bond acceptors (Lipinski definition) is 4. The lowest BCUT2D eigenvalue weighted by molar-refractivity contribution is 0.320. The van der Waals surface area contributed by atoms with E-state index in [1.807, 2.05) is 12.1 Å². The number of hydrogen-bond donors (Lipinski definition) is 2. The van der Waals surface area contributed by atoms with E-state index in [1.54, 1.807) is 24.3 Å². The van der Waals surface area contributed by atoms with Gasteiger partial charge in [0.2, 0.25) is 0 Å². The van der Waals surface area contributed by atoms with E-state index in [-0.39, 0.29) is 11.7 Å². The number of benzene rings is 1. The first kappa shape index (κ1) is 18.9. The fraction of sp³-hybridized carbons (Fsp3) is 0.368. The van der Waals surface area contributed by atoms with Crippen molar-refractivity contribution in [1.29, 1.82) is 0 Å². The minimum absolute atomic E-state index is 0.0367. The molecule has 0 spiro atoms. The van der Waals surface area contributed by atoms with Gasteiger partial charge in [0.15, 0.2) is 5.96 Å². The van der Waals surface area contributed by atoms with Gasteiger partial charge in [-0.3, -0.25) is 9.98 Å². The summed E-state index contributed by atoms with van der Waals surface area (Å²) < 4.78 is 33.5. The number of nitrogens with one attached hydrogen (secondary N) is 2. The Kier molecular flexibility index (Phi) is 6.40. The maximum Gasteiger partial charge on any atom is 0.191 e. The molecular formula is C19H23F2N5O. The summed E-state index contributed by atoms with van der Waals surface area (Å²) in [5.74, 6) is 0.266. The predicted octanol–water partition coefficient (Wildman–Crippen LogP) is 2.18. The van der Waals surface area contributed by atoms with Crippen LogP contribution in [0.4, 0.5) is 14.5 Å². The van der Waals surface area contributed by atoms with Crippen molar-refractivity contribution < 1.29 is 13.5 Å². The molecule has 0 saturated carbocycles. The molecule has 2 heterocycles. The number of para-hydroxylation sites is 1. The van der Waals surface area contributed by atoms with Crippen LogP contribution in [-0.2, 0) is 0 Å². The second-order valence-corrected chi connectivity index (χ2v) is 6.18. The van der Waals surface area contributed by atoms with Crippen molar-refractivity contribution in [3.05, 3.63) is 54.4 Å². The quantitative estimate of drug-likeness (QED) is 0.460. The zero-order chi connectivity index (χ0) is 19.1. The minimum atomic E-state index is -0.536. The van der Waals surface area contributed by atoms with E-state index >= 15 is 0 Å². The van der Waals surface area contributed by atoms with Crippen LogP contribution in [0.15, 0.2) is 47.7 Å². The molecule has 0 aliphatic carbocycles. The summed E-state index contributed by atoms with van der Waals surface area (Å²) >= 11 is 0. The summed E-state index contributed by atoms with van der Waals surface area (Å²) in [5, 5.41) is 6.46. The van der Waals surface area contributed by atoms with Gasteiger partial charge in [0.05, 0.1) is 12.7 Å². The van der Waals surface area contributed by atoms with E-state index in [0.717, 1.165) is 6.42 Å². The molecule has 1 aliphatic heterocycles. The number of rotatable bonds is 6. The Morgan fingerprint density at radius 3 is 2.81 bits per heavy atom. The van der Waals surface area contributed by atoms with Gasteiger partial charge in [0, 0.05) is 32.4 Å². The van der Waals surface area contributed by atoms with E-state index < -0.39 is 11.6 Å². The summed E-state index contributed by atoms with van der Waals surface area (Å²) in [7, 11) is 1.68. The Labute approximate surface area is 157 Å². The summed E-state index contributed by atoms with van der Waals surface area (Å²) in [6.45, 7) is 2.11. The topological polar surface area (TPSA) is 61.8 Å². The molecule has 3 rings (SSSR count). The monoisotopic (exact) mass is 375 g/mol. The van der Waals surface area contributed by atoms with Crippen LogP contribution in [0.5, 0.6) is 5.75 Å². The summed E-state index contributed by atoms with van der Waals surface area (Å²) in [4.78, 5) is 9.90. The highest BCUT2D eigenvalue weighted by Crippen LogP contribution is 2.26. The van der Waals surface area contributed by atoms with E-state index in [9.17, 15) is 8.78 Å². The number of guanidine groups is 1. The number of nitrogens with zero attached hydrogens (tertiary/aromatic N) is 3. The Hall–Kier alpha value is -2.90. The van der Waals surface area contributed by atoms with Crippen LogP contribution in [0.2, 0.25) is 0 Å². The van der Waals surface area contributed by atoms with Crippen LogP contribution in [-0.4, -0.2) is 50.3 Å². The minimum Gasteiger partial charge on any atom is -0.490 e. The predicted molar refractivity (Wildman–Crippen MR) is 101 cm³/mol. The molecule has 1 saturated heterocycles. The number of ether oxygens (including phenoxy) is 1. The third-order valence-corrected chi connectivity index (χ3v) is 4.30. The molecule has 2 N–H and O–H groups in total. The second-order valence-electron chi connectivity index (χ2n) is 6.18. The number of aliphatic imine (C=N–C) groups is 1. The van der Waals surface area contributed by atoms with Crippen molar-refractivity contribution in [2.24, 2.45) is 4.99 Å². The average molecular weight is 375 g/mol. The smallest absolute Gasteiger partial charge is 0.191 e. The molecule has 0 radical (unpaired) electrons. The van der Waals surface area contributed by atoms with Crippen LogP contribution in [0, 0.1) is 11.6 Å². The lowest BCUT2D eigenvalue weighted by Gasteiger charge is -2.21. The molecule has 27 heavy (non-hydrogen) atoms. The first-order valence-electron chi connectivity index (χ1n) is 8.86. The van der Waals surface area contributed by atoms with Gasteiger partial charge in [-0.2, -0.15) is 0 Å². The van der Waals surface area contributed by atoms with Crippen LogP contribution >= 0.6 is 0 Å². The fourth-order valence-electron chi connectivity index (χ4n) is 3.03.